The van der Waals surface area contributed by atoms with Crippen LogP contribution in [0.4, 0.5) is 17.3 Å². The molecule has 0 spiro atoms. The van der Waals surface area contributed by atoms with Crippen LogP contribution in [0.25, 0.3) is 0 Å². The number of hydrogen-bond acceptors (Lipinski definition) is 4. The van der Waals surface area contributed by atoms with E-state index < -0.39 is 0 Å². The zero-order valence-electron chi connectivity index (χ0n) is 9.34. The molecular formula is C12H12N4O. The third-order valence-corrected chi connectivity index (χ3v) is 2.01. The highest BCUT2D eigenvalue weighted by Crippen LogP contribution is 2.13. The molecule has 1 aromatic carbocycles. The number of hydrogen-bond donors (Lipinski definition) is 2. The molecule has 0 aliphatic carbocycles. The van der Waals surface area contributed by atoms with Gasteiger partial charge in [-0.15, -0.1) is 10.2 Å². The Balaban J connectivity index is 2.06. The molecule has 1 aromatic heterocycles. The van der Waals surface area contributed by atoms with Crippen molar-refractivity contribution in [2.24, 2.45) is 0 Å². The molecule has 0 radical (unpaired) electrons. The van der Waals surface area contributed by atoms with Crippen LogP contribution in [0.3, 0.4) is 0 Å². The fraction of sp³-hybridized carbons (Fsp3) is 0.0833. The predicted octanol–water partition coefficient (Wildman–Crippen LogP) is 2.18. The molecule has 0 atom stereocenters. The molecule has 1 amide bonds. The number of para-hydroxylation sites is 1. The van der Waals surface area contributed by atoms with Gasteiger partial charge >= 0.3 is 0 Å². The van der Waals surface area contributed by atoms with E-state index in [2.05, 4.69) is 20.8 Å². The summed E-state index contributed by atoms with van der Waals surface area (Å²) in [7, 11) is 0. The second-order valence-corrected chi connectivity index (χ2v) is 3.48. The molecule has 0 aliphatic heterocycles. The average Bonchev–Trinajstić information content (AvgIpc) is 2.32. The zero-order valence-corrected chi connectivity index (χ0v) is 9.34. The smallest absolute Gasteiger partial charge is 0.222 e. The Morgan fingerprint density at radius 3 is 2.24 bits per heavy atom. The molecule has 17 heavy (non-hydrogen) atoms. The second-order valence-electron chi connectivity index (χ2n) is 3.48. The van der Waals surface area contributed by atoms with Gasteiger partial charge in [-0.1, -0.05) is 18.2 Å². The van der Waals surface area contributed by atoms with Crippen LogP contribution in [-0.4, -0.2) is 16.1 Å². The standard InChI is InChI=1S/C12H12N4O/c1-9(17)13-11-7-8-12(16-15-11)14-10-5-3-2-4-6-10/h2-8H,1H3,(H,14,16)(H,13,15,17). The van der Waals surface area contributed by atoms with Gasteiger partial charge in [-0.25, -0.2) is 0 Å². The topological polar surface area (TPSA) is 66.9 Å². The Bertz CT molecular complexity index is 496. The Labute approximate surface area is 98.9 Å². The number of carbonyl (C=O) groups is 1. The molecule has 0 aliphatic rings. The van der Waals surface area contributed by atoms with E-state index >= 15 is 0 Å². The maximum Gasteiger partial charge on any atom is 0.222 e. The Morgan fingerprint density at radius 1 is 1.00 bits per heavy atom. The number of benzene rings is 1. The van der Waals surface area contributed by atoms with Crippen LogP contribution in [-0.2, 0) is 4.79 Å². The van der Waals surface area contributed by atoms with Crippen molar-refractivity contribution in [2.45, 2.75) is 6.92 Å². The predicted molar refractivity (Wildman–Crippen MR) is 66.1 cm³/mol. The van der Waals surface area contributed by atoms with Crippen molar-refractivity contribution >= 4 is 23.2 Å². The fourth-order valence-electron chi connectivity index (χ4n) is 1.32. The molecule has 2 rings (SSSR count). The molecule has 0 fully saturated rings. The lowest BCUT2D eigenvalue weighted by Gasteiger charge is -2.05. The van der Waals surface area contributed by atoms with Crippen LogP contribution in [0, 0.1) is 0 Å². The summed E-state index contributed by atoms with van der Waals surface area (Å²) in [5.41, 5.74) is 0.939. The lowest BCUT2D eigenvalue weighted by atomic mass is 10.3. The number of anilines is 3. The van der Waals surface area contributed by atoms with Crippen LogP contribution in [0.2, 0.25) is 0 Å². The molecule has 0 bridgehead atoms. The third-order valence-electron chi connectivity index (χ3n) is 2.01. The average molecular weight is 228 g/mol. The monoisotopic (exact) mass is 228 g/mol. The number of carbonyl (C=O) groups excluding carboxylic acids is 1. The summed E-state index contributed by atoms with van der Waals surface area (Å²) < 4.78 is 0. The number of amides is 1. The summed E-state index contributed by atoms with van der Waals surface area (Å²) in [5.74, 6) is 0.907. The Morgan fingerprint density at radius 2 is 1.65 bits per heavy atom. The molecule has 0 saturated heterocycles. The number of rotatable bonds is 3. The quantitative estimate of drug-likeness (QED) is 0.845. The van der Waals surface area contributed by atoms with Crippen molar-refractivity contribution in [3.63, 3.8) is 0 Å². The lowest BCUT2D eigenvalue weighted by molar-refractivity contribution is -0.114. The first-order valence-corrected chi connectivity index (χ1v) is 5.17. The maximum atomic E-state index is 10.8. The van der Waals surface area contributed by atoms with Crippen LogP contribution >= 0.6 is 0 Å². The summed E-state index contributed by atoms with van der Waals surface area (Å²) >= 11 is 0. The van der Waals surface area contributed by atoms with Crippen molar-refractivity contribution in [1.29, 1.82) is 0 Å². The minimum atomic E-state index is -0.164. The molecular weight excluding hydrogens is 216 g/mol. The minimum absolute atomic E-state index is 0.164. The van der Waals surface area contributed by atoms with Crippen molar-refractivity contribution < 1.29 is 4.79 Å². The van der Waals surface area contributed by atoms with Crippen molar-refractivity contribution in [3.05, 3.63) is 42.5 Å². The van der Waals surface area contributed by atoms with Crippen molar-refractivity contribution in [2.75, 3.05) is 10.6 Å². The number of nitrogens with one attached hydrogen (secondary N) is 2. The van der Waals surface area contributed by atoms with Gasteiger partial charge in [0.1, 0.15) is 0 Å². The first-order valence-electron chi connectivity index (χ1n) is 5.17. The zero-order chi connectivity index (χ0) is 12.1. The number of nitrogens with zero attached hydrogens (tertiary/aromatic N) is 2. The minimum Gasteiger partial charge on any atom is -0.339 e. The van der Waals surface area contributed by atoms with Crippen LogP contribution < -0.4 is 10.6 Å². The summed E-state index contributed by atoms with van der Waals surface area (Å²) in [6, 6.07) is 13.1. The van der Waals surface area contributed by atoms with E-state index in [4.69, 9.17) is 0 Å². The Hall–Kier alpha value is -2.43. The number of aromatic nitrogens is 2. The largest absolute Gasteiger partial charge is 0.339 e. The second kappa shape index (κ2) is 5.07. The van der Waals surface area contributed by atoms with Gasteiger partial charge in [-0.05, 0) is 24.3 Å². The van der Waals surface area contributed by atoms with Gasteiger partial charge in [0.15, 0.2) is 11.6 Å². The van der Waals surface area contributed by atoms with E-state index in [0.29, 0.717) is 11.6 Å². The van der Waals surface area contributed by atoms with E-state index in [9.17, 15) is 4.79 Å². The van der Waals surface area contributed by atoms with Gasteiger partial charge < -0.3 is 10.6 Å². The van der Waals surface area contributed by atoms with E-state index in [1.54, 1.807) is 12.1 Å². The first-order chi connectivity index (χ1) is 8.24. The van der Waals surface area contributed by atoms with Crippen molar-refractivity contribution in [3.8, 4) is 0 Å². The first kappa shape index (κ1) is 11.1. The van der Waals surface area contributed by atoms with Gasteiger partial charge in [-0.3, -0.25) is 4.79 Å². The van der Waals surface area contributed by atoms with Gasteiger partial charge in [0.25, 0.3) is 0 Å². The molecule has 1 heterocycles. The van der Waals surface area contributed by atoms with E-state index in [0.717, 1.165) is 5.69 Å². The van der Waals surface area contributed by atoms with E-state index in [1.165, 1.54) is 6.92 Å². The van der Waals surface area contributed by atoms with E-state index in [1.807, 2.05) is 30.3 Å². The molecule has 0 saturated carbocycles. The van der Waals surface area contributed by atoms with Gasteiger partial charge in [-0.2, -0.15) is 0 Å². The van der Waals surface area contributed by atoms with Gasteiger partial charge in [0.05, 0.1) is 0 Å². The summed E-state index contributed by atoms with van der Waals surface area (Å²) in [6.45, 7) is 1.43. The lowest BCUT2D eigenvalue weighted by Crippen LogP contribution is -2.08. The molecule has 2 aromatic rings. The summed E-state index contributed by atoms with van der Waals surface area (Å²) in [5, 5.41) is 13.5. The molecule has 0 unspecified atom stereocenters. The highest BCUT2D eigenvalue weighted by atomic mass is 16.1. The molecule has 5 heteroatoms. The van der Waals surface area contributed by atoms with Gasteiger partial charge in [0.2, 0.25) is 5.91 Å². The SMILES string of the molecule is CC(=O)Nc1ccc(Nc2ccccc2)nn1. The third kappa shape index (κ3) is 3.27. The van der Waals surface area contributed by atoms with E-state index in [-0.39, 0.29) is 5.91 Å². The maximum absolute atomic E-state index is 10.8. The Kier molecular flexibility index (Phi) is 3.30. The summed E-state index contributed by atoms with van der Waals surface area (Å²) in [4.78, 5) is 10.8. The molecule has 86 valence electrons. The molecule has 5 nitrogen and oxygen atoms in total. The van der Waals surface area contributed by atoms with Crippen LogP contribution in [0.15, 0.2) is 42.5 Å². The van der Waals surface area contributed by atoms with Gasteiger partial charge in [0, 0.05) is 12.6 Å². The normalized spacial score (nSPS) is 9.71. The van der Waals surface area contributed by atoms with Crippen LogP contribution in [0.1, 0.15) is 6.92 Å². The summed E-state index contributed by atoms with van der Waals surface area (Å²) in [6.07, 6.45) is 0. The highest BCUT2D eigenvalue weighted by Gasteiger charge is 1.99. The molecule has 2 N–H and O–H groups in total. The fourth-order valence-corrected chi connectivity index (χ4v) is 1.32. The van der Waals surface area contributed by atoms with Crippen molar-refractivity contribution in [1.82, 2.24) is 10.2 Å². The highest BCUT2D eigenvalue weighted by molar-refractivity contribution is 5.87. The van der Waals surface area contributed by atoms with Crippen LogP contribution in [0.5, 0.6) is 0 Å².